The molecule has 3 rings (SSSR count). The lowest BCUT2D eigenvalue weighted by atomic mass is 10.1. The number of benzene rings is 2. The number of para-hydroxylation sites is 1. The first-order chi connectivity index (χ1) is 11.7. The summed E-state index contributed by atoms with van der Waals surface area (Å²) in [6.07, 6.45) is 0. The zero-order chi connectivity index (χ0) is 16.9. The van der Waals surface area contributed by atoms with Crippen LogP contribution in [-0.2, 0) is 11.3 Å². The van der Waals surface area contributed by atoms with E-state index in [1.807, 2.05) is 43.3 Å². The van der Waals surface area contributed by atoms with Gasteiger partial charge in [-0.25, -0.2) is 0 Å². The fourth-order valence-electron chi connectivity index (χ4n) is 3.04. The van der Waals surface area contributed by atoms with Gasteiger partial charge in [-0.1, -0.05) is 48.5 Å². The third kappa shape index (κ3) is 3.19. The molecular formula is C20H22N2O2. The second kappa shape index (κ2) is 7.32. The molecule has 24 heavy (non-hydrogen) atoms. The maximum absolute atomic E-state index is 12.7. The fourth-order valence-corrected chi connectivity index (χ4v) is 3.04. The lowest BCUT2D eigenvalue weighted by molar-refractivity contribution is -0.132. The van der Waals surface area contributed by atoms with Gasteiger partial charge in [0.2, 0.25) is 5.91 Å². The van der Waals surface area contributed by atoms with Gasteiger partial charge >= 0.3 is 0 Å². The summed E-state index contributed by atoms with van der Waals surface area (Å²) >= 11 is 0. The van der Waals surface area contributed by atoms with Crippen molar-refractivity contribution < 1.29 is 9.90 Å². The molecule has 124 valence electrons. The molecule has 0 spiro atoms. The van der Waals surface area contributed by atoms with Crippen LogP contribution in [0, 0.1) is 0 Å². The van der Waals surface area contributed by atoms with Crippen molar-refractivity contribution in [1.29, 1.82) is 0 Å². The molecule has 0 unspecified atom stereocenters. The summed E-state index contributed by atoms with van der Waals surface area (Å²) in [5.41, 5.74) is 3.17. The van der Waals surface area contributed by atoms with Gasteiger partial charge in [-0.3, -0.25) is 4.79 Å². The third-order valence-electron chi connectivity index (χ3n) is 4.28. The van der Waals surface area contributed by atoms with Crippen molar-refractivity contribution in [3.05, 3.63) is 60.7 Å². The van der Waals surface area contributed by atoms with Gasteiger partial charge in [-0.2, -0.15) is 0 Å². The molecule has 1 aromatic heterocycles. The molecule has 0 aliphatic rings. The number of amides is 1. The Morgan fingerprint density at radius 2 is 1.79 bits per heavy atom. The van der Waals surface area contributed by atoms with Crippen molar-refractivity contribution >= 4 is 16.8 Å². The van der Waals surface area contributed by atoms with E-state index in [0.717, 1.165) is 22.2 Å². The van der Waals surface area contributed by atoms with Gasteiger partial charge in [-0.15, -0.1) is 0 Å². The first-order valence-electron chi connectivity index (χ1n) is 8.27. The van der Waals surface area contributed by atoms with Gasteiger partial charge in [0, 0.05) is 29.7 Å². The minimum absolute atomic E-state index is 0.0163. The van der Waals surface area contributed by atoms with E-state index < -0.39 is 0 Å². The van der Waals surface area contributed by atoms with Crippen molar-refractivity contribution in [3.63, 3.8) is 0 Å². The summed E-state index contributed by atoms with van der Waals surface area (Å²) in [5.74, 6) is 0.0186. The molecule has 4 heteroatoms. The zero-order valence-electron chi connectivity index (χ0n) is 13.9. The predicted octanol–water partition coefficient (Wildman–Crippen LogP) is 3.15. The number of aliphatic hydroxyl groups excluding tert-OH is 1. The Bertz CT molecular complexity index is 824. The average molecular weight is 322 g/mol. The van der Waals surface area contributed by atoms with Gasteiger partial charge in [0.05, 0.1) is 6.61 Å². The maximum Gasteiger partial charge on any atom is 0.242 e. The molecule has 0 fully saturated rings. The number of fused-ring (bicyclic) bond motifs is 1. The fraction of sp³-hybridized carbons (Fsp3) is 0.250. The van der Waals surface area contributed by atoms with Crippen molar-refractivity contribution in [2.24, 2.45) is 0 Å². The molecule has 0 bridgehead atoms. The Morgan fingerprint density at radius 1 is 1.08 bits per heavy atom. The lowest BCUT2D eigenvalue weighted by Gasteiger charge is -2.21. The van der Waals surface area contributed by atoms with Crippen LogP contribution in [0.15, 0.2) is 60.7 Å². The highest BCUT2D eigenvalue weighted by Gasteiger charge is 2.16. The monoisotopic (exact) mass is 322 g/mol. The largest absolute Gasteiger partial charge is 0.395 e. The minimum atomic E-state index is -0.0163. The van der Waals surface area contributed by atoms with Crippen molar-refractivity contribution in [2.75, 3.05) is 19.7 Å². The van der Waals surface area contributed by atoms with Crippen LogP contribution in [0.25, 0.3) is 22.2 Å². The number of hydrogen-bond donors (Lipinski definition) is 1. The smallest absolute Gasteiger partial charge is 0.242 e. The van der Waals surface area contributed by atoms with Crippen LogP contribution in [-0.4, -0.2) is 40.2 Å². The lowest BCUT2D eigenvalue weighted by Crippen LogP contribution is -2.35. The molecular weight excluding hydrogens is 300 g/mol. The van der Waals surface area contributed by atoms with Crippen LogP contribution in [0.2, 0.25) is 0 Å². The molecule has 1 amide bonds. The number of nitrogens with zero attached hydrogens (tertiary/aromatic N) is 2. The van der Waals surface area contributed by atoms with E-state index in [1.54, 1.807) is 4.90 Å². The van der Waals surface area contributed by atoms with Crippen molar-refractivity contribution in [2.45, 2.75) is 13.5 Å². The van der Waals surface area contributed by atoms with Gasteiger partial charge in [0.1, 0.15) is 6.54 Å². The van der Waals surface area contributed by atoms with Crippen LogP contribution < -0.4 is 0 Å². The summed E-state index contributed by atoms with van der Waals surface area (Å²) in [6.45, 7) is 3.15. The highest BCUT2D eigenvalue weighted by Crippen LogP contribution is 2.28. The number of carbonyl (C=O) groups is 1. The van der Waals surface area contributed by atoms with Crippen LogP contribution in [0.1, 0.15) is 6.92 Å². The summed E-state index contributed by atoms with van der Waals surface area (Å²) in [5, 5.41) is 10.3. The van der Waals surface area contributed by atoms with Crippen LogP contribution in [0.3, 0.4) is 0 Å². The van der Waals surface area contributed by atoms with Gasteiger partial charge in [0.25, 0.3) is 0 Å². The molecule has 1 N–H and O–H groups in total. The summed E-state index contributed by atoms with van der Waals surface area (Å²) in [6, 6.07) is 20.3. The number of carbonyl (C=O) groups excluding carboxylic acids is 1. The number of likely N-dealkylation sites (N-methyl/N-ethyl adjacent to an activating group) is 1. The Balaban J connectivity index is 2.04. The number of aromatic nitrogens is 1. The minimum Gasteiger partial charge on any atom is -0.395 e. The molecule has 1 heterocycles. The van der Waals surface area contributed by atoms with E-state index in [9.17, 15) is 4.79 Å². The van der Waals surface area contributed by atoms with Crippen LogP contribution in [0.4, 0.5) is 0 Å². The first kappa shape index (κ1) is 16.3. The standard InChI is InChI=1S/C20H22N2O2/c1-2-21(12-13-23)20(24)15-22-18-11-7-6-10-17(18)14-19(22)16-8-4-3-5-9-16/h3-11,14,23H,2,12-13,15H2,1H3. The molecule has 0 aliphatic heterocycles. The summed E-state index contributed by atoms with van der Waals surface area (Å²) in [4.78, 5) is 14.3. The van der Waals surface area contributed by atoms with Crippen molar-refractivity contribution in [3.8, 4) is 11.3 Å². The number of rotatable bonds is 6. The van der Waals surface area contributed by atoms with Gasteiger partial charge in [-0.05, 0) is 24.6 Å². The topological polar surface area (TPSA) is 45.5 Å². The Morgan fingerprint density at radius 3 is 2.50 bits per heavy atom. The Hall–Kier alpha value is -2.59. The Labute approximate surface area is 141 Å². The van der Waals surface area contributed by atoms with E-state index in [4.69, 9.17) is 5.11 Å². The normalized spacial score (nSPS) is 10.9. The predicted molar refractivity (Wildman–Crippen MR) is 96.7 cm³/mol. The van der Waals surface area contributed by atoms with E-state index in [-0.39, 0.29) is 19.1 Å². The highest BCUT2D eigenvalue weighted by atomic mass is 16.3. The molecule has 4 nitrogen and oxygen atoms in total. The first-order valence-corrected chi connectivity index (χ1v) is 8.27. The highest BCUT2D eigenvalue weighted by molar-refractivity contribution is 5.89. The van der Waals surface area contributed by atoms with E-state index in [1.165, 1.54) is 0 Å². The van der Waals surface area contributed by atoms with E-state index in [0.29, 0.717) is 13.1 Å². The molecule has 0 saturated heterocycles. The SMILES string of the molecule is CCN(CCO)C(=O)Cn1c(-c2ccccc2)cc2ccccc21. The van der Waals surface area contributed by atoms with Crippen LogP contribution in [0.5, 0.6) is 0 Å². The maximum atomic E-state index is 12.7. The molecule has 0 radical (unpaired) electrons. The van der Waals surface area contributed by atoms with Gasteiger partial charge < -0.3 is 14.6 Å². The average Bonchev–Trinajstić information content (AvgIpc) is 2.99. The molecule has 2 aromatic carbocycles. The number of aliphatic hydroxyl groups is 1. The van der Waals surface area contributed by atoms with Gasteiger partial charge in [0.15, 0.2) is 0 Å². The van der Waals surface area contributed by atoms with Crippen molar-refractivity contribution in [1.82, 2.24) is 9.47 Å². The third-order valence-corrected chi connectivity index (χ3v) is 4.28. The van der Waals surface area contributed by atoms with Crippen LogP contribution >= 0.6 is 0 Å². The number of hydrogen-bond acceptors (Lipinski definition) is 2. The summed E-state index contributed by atoms with van der Waals surface area (Å²) < 4.78 is 2.06. The van der Waals surface area contributed by atoms with E-state index in [2.05, 4.69) is 28.8 Å². The molecule has 3 aromatic rings. The van der Waals surface area contributed by atoms with E-state index >= 15 is 0 Å². The summed E-state index contributed by atoms with van der Waals surface area (Å²) in [7, 11) is 0. The Kier molecular flexibility index (Phi) is 4.96. The second-order valence-corrected chi connectivity index (χ2v) is 5.74. The molecule has 0 saturated carbocycles. The zero-order valence-corrected chi connectivity index (χ0v) is 13.9. The quantitative estimate of drug-likeness (QED) is 0.758. The second-order valence-electron chi connectivity index (χ2n) is 5.74. The molecule has 0 atom stereocenters. The molecule has 0 aliphatic carbocycles.